The van der Waals surface area contributed by atoms with Gasteiger partial charge in [-0.2, -0.15) is 0 Å². The average Bonchev–Trinajstić information content (AvgIpc) is 2.82. The summed E-state index contributed by atoms with van der Waals surface area (Å²) in [7, 11) is 0. The Morgan fingerprint density at radius 3 is 2.31 bits per heavy atom. The lowest BCUT2D eigenvalue weighted by Crippen LogP contribution is -2.47. The molecule has 0 bridgehead atoms. The van der Waals surface area contributed by atoms with E-state index in [1.807, 2.05) is 0 Å². The molecule has 2 aliphatic rings. The van der Waals surface area contributed by atoms with E-state index in [-0.39, 0.29) is 6.61 Å². The normalized spacial score (nSPS) is 19.6. The quantitative estimate of drug-likeness (QED) is 0.571. The molecule has 0 aromatic heterocycles. The lowest BCUT2D eigenvalue weighted by Gasteiger charge is -2.38. The zero-order valence-electron chi connectivity index (χ0n) is 18.4. The van der Waals surface area contributed by atoms with Gasteiger partial charge in [-0.05, 0) is 74.5 Å². The van der Waals surface area contributed by atoms with Crippen LogP contribution in [0.5, 0.6) is 11.5 Å². The topological polar surface area (TPSA) is 54.0 Å². The van der Waals surface area contributed by atoms with Crippen molar-refractivity contribution in [1.82, 2.24) is 10.2 Å². The van der Waals surface area contributed by atoms with Crippen LogP contribution in [-0.2, 0) is 6.54 Å². The highest BCUT2D eigenvalue weighted by Crippen LogP contribution is 2.29. The van der Waals surface area contributed by atoms with Crippen LogP contribution in [0.1, 0.15) is 31.2 Å². The molecular weight excluding hydrogens is 447 g/mol. The molecule has 4 rings (SSSR count). The fourth-order valence-corrected chi connectivity index (χ4v) is 4.56. The van der Waals surface area contributed by atoms with E-state index in [1.54, 1.807) is 18.2 Å². The van der Waals surface area contributed by atoms with Crippen LogP contribution in [0.2, 0.25) is 10.0 Å². The van der Waals surface area contributed by atoms with Crippen LogP contribution in [0.3, 0.4) is 0 Å². The van der Waals surface area contributed by atoms with E-state index in [9.17, 15) is 5.11 Å². The fourth-order valence-electron chi connectivity index (χ4n) is 4.27. The SMILES string of the molecule is OC1(COc2ccc(Cl)c(Cl)c2)CCN(Cc2ccc(OCC3CCNCC3)cc2)CC1. The van der Waals surface area contributed by atoms with Crippen molar-refractivity contribution in [2.45, 2.75) is 37.8 Å². The van der Waals surface area contributed by atoms with Crippen LogP contribution >= 0.6 is 23.2 Å². The molecule has 0 saturated carbocycles. The lowest BCUT2D eigenvalue weighted by molar-refractivity contribution is -0.0537. The van der Waals surface area contributed by atoms with Crippen LogP contribution in [0.15, 0.2) is 42.5 Å². The van der Waals surface area contributed by atoms with Crippen LogP contribution in [-0.4, -0.2) is 55.0 Å². The van der Waals surface area contributed by atoms with Gasteiger partial charge in [-0.1, -0.05) is 35.3 Å². The molecule has 2 aromatic rings. The highest BCUT2D eigenvalue weighted by atomic mass is 35.5. The number of nitrogens with zero attached hydrogens (tertiary/aromatic N) is 1. The largest absolute Gasteiger partial charge is 0.493 e. The Labute approximate surface area is 200 Å². The van der Waals surface area contributed by atoms with Gasteiger partial charge in [-0.25, -0.2) is 0 Å². The van der Waals surface area contributed by atoms with E-state index in [1.165, 1.54) is 18.4 Å². The maximum atomic E-state index is 10.9. The number of likely N-dealkylation sites (tertiary alicyclic amines) is 1. The molecule has 174 valence electrons. The zero-order valence-corrected chi connectivity index (χ0v) is 19.9. The molecule has 2 aromatic carbocycles. The van der Waals surface area contributed by atoms with Gasteiger partial charge in [0.25, 0.3) is 0 Å². The molecule has 5 nitrogen and oxygen atoms in total. The Balaban J connectivity index is 1.19. The molecule has 2 saturated heterocycles. The highest BCUT2D eigenvalue weighted by Gasteiger charge is 2.33. The van der Waals surface area contributed by atoms with Crippen molar-refractivity contribution in [3.63, 3.8) is 0 Å². The maximum absolute atomic E-state index is 10.9. The first-order valence-corrected chi connectivity index (χ1v) is 12.2. The van der Waals surface area contributed by atoms with E-state index in [0.717, 1.165) is 45.1 Å². The second-order valence-electron chi connectivity index (χ2n) is 9.01. The summed E-state index contributed by atoms with van der Waals surface area (Å²) in [5.74, 6) is 2.22. The van der Waals surface area contributed by atoms with Gasteiger partial charge in [0.1, 0.15) is 23.7 Å². The standard InChI is InChI=1S/C25H32Cl2N2O3/c26-23-6-5-22(15-24(23)27)32-18-25(30)9-13-29(14-10-25)16-19-1-3-21(4-2-19)31-17-20-7-11-28-12-8-20/h1-6,15,20,28,30H,7-14,16-18H2. The lowest BCUT2D eigenvalue weighted by atomic mass is 9.92. The summed E-state index contributed by atoms with van der Waals surface area (Å²) in [6.45, 7) is 5.78. The molecule has 2 fully saturated rings. The molecule has 2 N–H and O–H groups in total. The van der Waals surface area contributed by atoms with Crippen molar-refractivity contribution >= 4 is 23.2 Å². The van der Waals surface area contributed by atoms with Crippen LogP contribution in [0, 0.1) is 5.92 Å². The molecule has 0 amide bonds. The zero-order chi connectivity index (χ0) is 22.4. The first kappa shape index (κ1) is 23.7. The second-order valence-corrected chi connectivity index (χ2v) is 9.83. The smallest absolute Gasteiger partial charge is 0.121 e. The first-order chi connectivity index (χ1) is 15.5. The van der Waals surface area contributed by atoms with Crippen molar-refractivity contribution in [2.75, 3.05) is 39.4 Å². The van der Waals surface area contributed by atoms with Crippen molar-refractivity contribution < 1.29 is 14.6 Å². The predicted octanol–water partition coefficient (Wildman–Crippen LogP) is 4.78. The Morgan fingerprint density at radius 2 is 1.62 bits per heavy atom. The second kappa shape index (κ2) is 11.1. The molecule has 2 aliphatic heterocycles. The van der Waals surface area contributed by atoms with Gasteiger partial charge in [-0.15, -0.1) is 0 Å². The Kier molecular flexibility index (Phi) is 8.19. The Morgan fingerprint density at radius 1 is 0.938 bits per heavy atom. The predicted molar refractivity (Wildman–Crippen MR) is 129 cm³/mol. The number of hydrogen-bond donors (Lipinski definition) is 2. The van der Waals surface area contributed by atoms with Gasteiger partial charge in [0.05, 0.1) is 16.7 Å². The van der Waals surface area contributed by atoms with E-state index >= 15 is 0 Å². The van der Waals surface area contributed by atoms with Crippen LogP contribution in [0.25, 0.3) is 0 Å². The maximum Gasteiger partial charge on any atom is 0.121 e. The van der Waals surface area contributed by atoms with Gasteiger partial charge >= 0.3 is 0 Å². The number of rotatable bonds is 8. The monoisotopic (exact) mass is 478 g/mol. The van der Waals surface area contributed by atoms with E-state index in [0.29, 0.717) is 34.6 Å². The summed E-state index contributed by atoms with van der Waals surface area (Å²) in [4.78, 5) is 2.37. The Bertz CT molecular complexity index is 864. The molecular formula is C25H32Cl2N2O3. The minimum atomic E-state index is -0.824. The van der Waals surface area contributed by atoms with E-state index in [2.05, 4.69) is 34.5 Å². The number of benzene rings is 2. The summed E-state index contributed by atoms with van der Waals surface area (Å²) in [5, 5.41) is 15.2. The van der Waals surface area contributed by atoms with Gasteiger partial charge in [0, 0.05) is 25.7 Å². The number of hydrogen-bond acceptors (Lipinski definition) is 5. The summed E-state index contributed by atoms with van der Waals surface area (Å²) in [6.07, 6.45) is 3.73. The number of aliphatic hydroxyl groups is 1. The Hall–Kier alpha value is -1.50. The van der Waals surface area contributed by atoms with E-state index < -0.39 is 5.60 Å². The molecule has 0 radical (unpaired) electrons. The first-order valence-electron chi connectivity index (χ1n) is 11.4. The fraction of sp³-hybridized carbons (Fsp3) is 0.520. The van der Waals surface area contributed by atoms with E-state index in [4.69, 9.17) is 32.7 Å². The van der Waals surface area contributed by atoms with Gasteiger partial charge in [0.2, 0.25) is 0 Å². The molecule has 0 atom stereocenters. The van der Waals surface area contributed by atoms with Crippen molar-refractivity contribution in [3.05, 3.63) is 58.1 Å². The molecule has 7 heteroatoms. The third-order valence-electron chi connectivity index (χ3n) is 6.46. The minimum Gasteiger partial charge on any atom is -0.493 e. The molecule has 0 aliphatic carbocycles. The van der Waals surface area contributed by atoms with Crippen LogP contribution in [0.4, 0.5) is 0 Å². The molecule has 2 heterocycles. The molecule has 0 spiro atoms. The average molecular weight is 479 g/mol. The van der Waals surface area contributed by atoms with Gasteiger partial charge in [0.15, 0.2) is 0 Å². The number of halogens is 2. The number of nitrogens with one attached hydrogen (secondary N) is 1. The molecule has 32 heavy (non-hydrogen) atoms. The minimum absolute atomic E-state index is 0.252. The summed E-state index contributed by atoms with van der Waals surface area (Å²) in [5.41, 5.74) is 0.436. The summed E-state index contributed by atoms with van der Waals surface area (Å²) >= 11 is 12.0. The van der Waals surface area contributed by atoms with Crippen molar-refractivity contribution in [2.24, 2.45) is 5.92 Å². The summed E-state index contributed by atoms with van der Waals surface area (Å²) in [6, 6.07) is 13.6. The third-order valence-corrected chi connectivity index (χ3v) is 7.20. The number of ether oxygens (including phenoxy) is 2. The third kappa shape index (κ3) is 6.75. The number of piperidine rings is 2. The van der Waals surface area contributed by atoms with Gasteiger partial charge < -0.3 is 19.9 Å². The van der Waals surface area contributed by atoms with Crippen molar-refractivity contribution in [1.29, 1.82) is 0 Å². The van der Waals surface area contributed by atoms with Crippen LogP contribution < -0.4 is 14.8 Å². The summed E-state index contributed by atoms with van der Waals surface area (Å²) < 4.78 is 11.8. The van der Waals surface area contributed by atoms with Crippen molar-refractivity contribution in [3.8, 4) is 11.5 Å². The molecule has 0 unspecified atom stereocenters. The van der Waals surface area contributed by atoms with Gasteiger partial charge in [-0.3, -0.25) is 4.90 Å². The highest BCUT2D eigenvalue weighted by molar-refractivity contribution is 6.42.